The number of pyridine rings is 1. The van der Waals surface area contributed by atoms with E-state index in [0.717, 1.165) is 30.4 Å². The fourth-order valence-corrected chi connectivity index (χ4v) is 1.84. The molecule has 0 bridgehead atoms. The highest BCUT2D eigenvalue weighted by atomic mass is 16.1. The van der Waals surface area contributed by atoms with E-state index in [2.05, 4.69) is 15.2 Å². The van der Waals surface area contributed by atoms with E-state index in [-0.39, 0.29) is 5.43 Å². The number of nitrogens with one attached hydrogen (secondary N) is 2. The Kier molecular flexibility index (Phi) is 3.97. The maximum Gasteiger partial charge on any atom is 0.186 e. The summed E-state index contributed by atoms with van der Waals surface area (Å²) in [5, 5.41) is 3.47. The lowest BCUT2D eigenvalue weighted by Gasteiger charge is -2.16. The molecule has 0 unspecified atom stereocenters. The number of H-pyrrole nitrogens is 1. The molecule has 0 saturated heterocycles. The van der Waals surface area contributed by atoms with Gasteiger partial charge in [0.2, 0.25) is 0 Å². The van der Waals surface area contributed by atoms with Crippen LogP contribution in [-0.2, 0) is 6.54 Å². The van der Waals surface area contributed by atoms with Gasteiger partial charge in [0.25, 0.3) is 0 Å². The fourth-order valence-electron chi connectivity index (χ4n) is 1.84. The van der Waals surface area contributed by atoms with Gasteiger partial charge in [-0.25, -0.2) is 0 Å². The highest BCUT2D eigenvalue weighted by Crippen LogP contribution is 2.17. The van der Waals surface area contributed by atoms with Gasteiger partial charge in [0, 0.05) is 49.2 Å². The van der Waals surface area contributed by atoms with Crippen LogP contribution in [-0.4, -0.2) is 36.1 Å². The average molecular weight is 235 g/mol. The summed E-state index contributed by atoms with van der Waals surface area (Å²) in [4.78, 5) is 17.0. The van der Waals surface area contributed by atoms with Gasteiger partial charge in [0.1, 0.15) is 0 Å². The number of hydrogen-bond acceptors (Lipinski definition) is 3. The SMILES string of the molecule is Cc1cc(=O)c(CN(C)CCNC2CC2)c[nH]1. The molecule has 1 aliphatic carbocycles. The zero-order valence-electron chi connectivity index (χ0n) is 10.6. The zero-order chi connectivity index (χ0) is 12.3. The van der Waals surface area contributed by atoms with Crippen LogP contribution in [0, 0.1) is 6.92 Å². The van der Waals surface area contributed by atoms with Gasteiger partial charge in [0.15, 0.2) is 5.43 Å². The van der Waals surface area contributed by atoms with Gasteiger partial charge in [-0.05, 0) is 26.8 Å². The van der Waals surface area contributed by atoms with E-state index in [9.17, 15) is 4.79 Å². The lowest BCUT2D eigenvalue weighted by molar-refractivity contribution is 0.322. The normalized spacial score (nSPS) is 15.5. The van der Waals surface area contributed by atoms with Crippen molar-refractivity contribution in [1.29, 1.82) is 0 Å². The first-order valence-corrected chi connectivity index (χ1v) is 6.25. The summed E-state index contributed by atoms with van der Waals surface area (Å²) in [6, 6.07) is 2.41. The molecular formula is C13H21N3O. The van der Waals surface area contributed by atoms with E-state index < -0.39 is 0 Å². The van der Waals surface area contributed by atoms with Crippen LogP contribution in [0.4, 0.5) is 0 Å². The molecule has 1 aliphatic rings. The van der Waals surface area contributed by atoms with Crippen molar-refractivity contribution in [2.45, 2.75) is 32.4 Å². The minimum Gasteiger partial charge on any atom is -0.365 e. The summed E-state index contributed by atoms with van der Waals surface area (Å²) in [6.07, 6.45) is 4.46. The Morgan fingerprint density at radius 1 is 1.53 bits per heavy atom. The lowest BCUT2D eigenvalue weighted by Crippen LogP contribution is -2.31. The Morgan fingerprint density at radius 3 is 2.94 bits per heavy atom. The summed E-state index contributed by atoms with van der Waals surface area (Å²) in [5.74, 6) is 0. The first-order chi connectivity index (χ1) is 8.15. The van der Waals surface area contributed by atoms with Crippen molar-refractivity contribution < 1.29 is 0 Å². The van der Waals surface area contributed by atoms with Crippen molar-refractivity contribution in [3.05, 3.63) is 33.7 Å². The number of rotatable bonds is 6. The maximum absolute atomic E-state index is 11.7. The third kappa shape index (κ3) is 3.98. The number of nitrogens with zero attached hydrogens (tertiary/aromatic N) is 1. The second kappa shape index (κ2) is 5.47. The molecule has 2 rings (SSSR count). The second-order valence-electron chi connectivity index (χ2n) is 4.97. The Hall–Kier alpha value is -1.13. The van der Waals surface area contributed by atoms with Crippen molar-refractivity contribution in [3.8, 4) is 0 Å². The Bertz CT molecular complexity index is 423. The van der Waals surface area contributed by atoms with Crippen LogP contribution in [0.3, 0.4) is 0 Å². The molecule has 94 valence electrons. The summed E-state index contributed by atoms with van der Waals surface area (Å²) in [7, 11) is 2.05. The lowest BCUT2D eigenvalue weighted by atomic mass is 10.2. The average Bonchev–Trinajstić information content (AvgIpc) is 3.06. The number of aromatic amines is 1. The van der Waals surface area contributed by atoms with Gasteiger partial charge in [-0.2, -0.15) is 0 Å². The van der Waals surface area contributed by atoms with Crippen molar-refractivity contribution in [2.24, 2.45) is 0 Å². The van der Waals surface area contributed by atoms with Crippen molar-refractivity contribution in [3.63, 3.8) is 0 Å². The van der Waals surface area contributed by atoms with E-state index in [0.29, 0.717) is 6.54 Å². The molecule has 0 amide bonds. The molecule has 0 atom stereocenters. The topological polar surface area (TPSA) is 48.1 Å². The minimum absolute atomic E-state index is 0.128. The highest BCUT2D eigenvalue weighted by Gasteiger charge is 2.19. The summed E-state index contributed by atoms with van der Waals surface area (Å²) in [5.41, 5.74) is 1.88. The van der Waals surface area contributed by atoms with Gasteiger partial charge < -0.3 is 15.2 Å². The van der Waals surface area contributed by atoms with Crippen LogP contribution < -0.4 is 10.7 Å². The molecule has 1 aromatic heterocycles. The van der Waals surface area contributed by atoms with Crippen LogP contribution in [0.1, 0.15) is 24.1 Å². The molecule has 0 aliphatic heterocycles. The van der Waals surface area contributed by atoms with E-state index in [1.807, 2.05) is 20.2 Å². The van der Waals surface area contributed by atoms with Gasteiger partial charge in [-0.3, -0.25) is 4.79 Å². The number of aryl methyl sites for hydroxylation is 1. The van der Waals surface area contributed by atoms with Gasteiger partial charge in [-0.15, -0.1) is 0 Å². The molecule has 4 heteroatoms. The van der Waals surface area contributed by atoms with E-state index in [1.54, 1.807) is 6.07 Å². The molecule has 0 spiro atoms. The van der Waals surface area contributed by atoms with Crippen molar-refractivity contribution >= 4 is 0 Å². The van der Waals surface area contributed by atoms with Gasteiger partial charge >= 0.3 is 0 Å². The zero-order valence-corrected chi connectivity index (χ0v) is 10.6. The molecule has 1 heterocycles. The summed E-state index contributed by atoms with van der Waals surface area (Å²) < 4.78 is 0. The van der Waals surface area contributed by atoms with Crippen LogP contribution >= 0.6 is 0 Å². The van der Waals surface area contributed by atoms with Crippen LogP contribution in [0.15, 0.2) is 17.1 Å². The second-order valence-corrected chi connectivity index (χ2v) is 4.97. The smallest absolute Gasteiger partial charge is 0.186 e. The van der Waals surface area contributed by atoms with E-state index in [1.165, 1.54) is 12.8 Å². The molecule has 1 aromatic rings. The number of aromatic nitrogens is 1. The van der Waals surface area contributed by atoms with E-state index in [4.69, 9.17) is 0 Å². The summed E-state index contributed by atoms with van der Waals surface area (Å²) in [6.45, 7) is 4.59. The minimum atomic E-state index is 0.128. The third-order valence-electron chi connectivity index (χ3n) is 3.08. The predicted octanol–water partition coefficient (Wildman–Crippen LogP) is 0.867. The first-order valence-electron chi connectivity index (χ1n) is 6.25. The molecule has 17 heavy (non-hydrogen) atoms. The van der Waals surface area contributed by atoms with Crippen LogP contribution in [0.5, 0.6) is 0 Å². The fraction of sp³-hybridized carbons (Fsp3) is 0.615. The standard InChI is InChI=1S/C13H21N3O/c1-10-7-13(17)11(8-15-10)9-16(2)6-5-14-12-3-4-12/h7-8,12,14H,3-6,9H2,1-2H3,(H,15,17). The van der Waals surface area contributed by atoms with Gasteiger partial charge in [-0.1, -0.05) is 0 Å². The molecule has 1 saturated carbocycles. The molecular weight excluding hydrogens is 214 g/mol. The molecule has 1 fully saturated rings. The Morgan fingerprint density at radius 2 is 2.29 bits per heavy atom. The van der Waals surface area contributed by atoms with E-state index >= 15 is 0 Å². The predicted molar refractivity (Wildman–Crippen MR) is 69.2 cm³/mol. The molecule has 2 N–H and O–H groups in total. The molecule has 0 radical (unpaired) electrons. The third-order valence-corrected chi connectivity index (χ3v) is 3.08. The summed E-state index contributed by atoms with van der Waals surface area (Å²) >= 11 is 0. The monoisotopic (exact) mass is 235 g/mol. The first kappa shape index (κ1) is 12.3. The maximum atomic E-state index is 11.7. The van der Waals surface area contributed by atoms with Crippen LogP contribution in [0.25, 0.3) is 0 Å². The van der Waals surface area contributed by atoms with Crippen LogP contribution in [0.2, 0.25) is 0 Å². The quantitative estimate of drug-likeness (QED) is 0.769. The largest absolute Gasteiger partial charge is 0.365 e. The number of likely N-dealkylation sites (N-methyl/N-ethyl adjacent to an activating group) is 1. The Balaban J connectivity index is 1.79. The highest BCUT2D eigenvalue weighted by molar-refractivity contribution is 5.13. The molecule has 4 nitrogen and oxygen atoms in total. The van der Waals surface area contributed by atoms with Gasteiger partial charge in [0.05, 0.1) is 0 Å². The number of hydrogen-bond donors (Lipinski definition) is 2. The van der Waals surface area contributed by atoms with Crippen molar-refractivity contribution in [1.82, 2.24) is 15.2 Å². The molecule has 0 aromatic carbocycles. The Labute approximate surface area is 102 Å². The van der Waals surface area contributed by atoms with Crippen molar-refractivity contribution in [2.75, 3.05) is 20.1 Å².